The molecule has 0 radical (unpaired) electrons. The average molecular weight is 448 g/mol. The molecule has 0 bridgehead atoms. The molecule has 6 nitrogen and oxygen atoms in total. The molecule has 1 N–H and O–H groups in total. The highest BCUT2D eigenvalue weighted by Gasteiger charge is 2.34. The zero-order valence-corrected chi connectivity index (χ0v) is 19.4. The van der Waals surface area contributed by atoms with Gasteiger partial charge in [-0.15, -0.1) is 0 Å². The first kappa shape index (κ1) is 23.2. The van der Waals surface area contributed by atoms with E-state index in [4.69, 9.17) is 0 Å². The molecule has 1 fully saturated rings. The fraction of sp³-hybridized carbons (Fsp3) is 0.444. The van der Waals surface area contributed by atoms with Crippen LogP contribution >= 0.6 is 0 Å². The van der Waals surface area contributed by atoms with Crippen molar-refractivity contribution in [3.8, 4) is 0 Å². The second-order valence-electron chi connectivity index (χ2n) is 9.32. The predicted octanol–water partition coefficient (Wildman–Crippen LogP) is 4.71. The summed E-state index contributed by atoms with van der Waals surface area (Å²) in [6, 6.07) is 15.1. The van der Waals surface area contributed by atoms with Crippen LogP contribution in [0.2, 0.25) is 0 Å². The lowest BCUT2D eigenvalue weighted by Crippen LogP contribution is -2.32. The van der Waals surface area contributed by atoms with Crippen molar-refractivity contribution in [2.45, 2.75) is 52.0 Å². The number of likely N-dealkylation sites (tertiary alicyclic amines) is 1. The smallest absolute Gasteiger partial charge is 0.261 e. The summed E-state index contributed by atoms with van der Waals surface area (Å²) >= 11 is 0. The number of hydrogen-bond donors (Lipinski definition) is 1. The Morgan fingerprint density at radius 2 is 1.55 bits per heavy atom. The molecule has 0 atom stereocenters. The highest BCUT2D eigenvalue weighted by Crippen LogP contribution is 2.23. The molecule has 6 heteroatoms. The van der Waals surface area contributed by atoms with E-state index in [0.29, 0.717) is 30.5 Å². The summed E-state index contributed by atoms with van der Waals surface area (Å²) < 4.78 is 0. The van der Waals surface area contributed by atoms with Gasteiger partial charge in [0.2, 0.25) is 5.91 Å². The zero-order valence-electron chi connectivity index (χ0n) is 19.4. The van der Waals surface area contributed by atoms with Gasteiger partial charge in [-0.2, -0.15) is 0 Å². The van der Waals surface area contributed by atoms with Crippen LogP contribution in [0.1, 0.15) is 71.7 Å². The van der Waals surface area contributed by atoms with E-state index in [9.17, 15) is 14.4 Å². The summed E-state index contributed by atoms with van der Waals surface area (Å²) in [7, 11) is 0. The molecule has 2 aliphatic heterocycles. The number of unbranched alkanes of at least 4 members (excludes halogenated alkanes) is 2. The van der Waals surface area contributed by atoms with Gasteiger partial charge < -0.3 is 5.32 Å². The van der Waals surface area contributed by atoms with Gasteiger partial charge in [-0.05, 0) is 74.5 Å². The number of anilines is 1. The Kier molecular flexibility index (Phi) is 7.55. The van der Waals surface area contributed by atoms with Crippen molar-refractivity contribution in [3.63, 3.8) is 0 Å². The van der Waals surface area contributed by atoms with E-state index >= 15 is 0 Å². The van der Waals surface area contributed by atoms with Gasteiger partial charge >= 0.3 is 0 Å². The Balaban J connectivity index is 1.13. The fourth-order valence-corrected chi connectivity index (χ4v) is 4.57. The minimum atomic E-state index is -0.216. The lowest BCUT2D eigenvalue weighted by Gasteiger charge is -2.30. The number of nitrogens with zero attached hydrogens (tertiary/aromatic N) is 2. The largest absolute Gasteiger partial charge is 0.326 e. The molecule has 2 heterocycles. The van der Waals surface area contributed by atoms with Crippen LogP contribution in [0.25, 0.3) is 0 Å². The first-order chi connectivity index (χ1) is 16.0. The molecule has 2 aromatic rings. The van der Waals surface area contributed by atoms with Gasteiger partial charge in [0.1, 0.15) is 0 Å². The molecule has 4 rings (SSSR count). The van der Waals surface area contributed by atoms with Crippen molar-refractivity contribution >= 4 is 23.4 Å². The number of amides is 3. The van der Waals surface area contributed by atoms with Gasteiger partial charge in [0, 0.05) is 25.2 Å². The molecule has 2 aromatic carbocycles. The van der Waals surface area contributed by atoms with Crippen molar-refractivity contribution < 1.29 is 14.4 Å². The number of imide groups is 1. The van der Waals surface area contributed by atoms with Crippen molar-refractivity contribution in [2.24, 2.45) is 5.92 Å². The Morgan fingerprint density at radius 1 is 0.909 bits per heavy atom. The Hall–Kier alpha value is -2.99. The van der Waals surface area contributed by atoms with Crippen molar-refractivity contribution in [1.29, 1.82) is 0 Å². The van der Waals surface area contributed by atoms with Crippen LogP contribution in [0, 0.1) is 5.92 Å². The van der Waals surface area contributed by atoms with Gasteiger partial charge in [-0.3, -0.25) is 24.2 Å². The highest BCUT2D eigenvalue weighted by atomic mass is 16.2. The van der Waals surface area contributed by atoms with E-state index in [1.165, 1.54) is 23.3 Å². The number of carbonyl (C=O) groups is 3. The number of carbonyl (C=O) groups excluding carboxylic acids is 3. The number of hydrogen-bond acceptors (Lipinski definition) is 4. The van der Waals surface area contributed by atoms with Crippen molar-refractivity contribution in [2.75, 3.05) is 25.0 Å². The number of fused-ring (bicyclic) bond motifs is 1. The van der Waals surface area contributed by atoms with Crippen molar-refractivity contribution in [1.82, 2.24) is 9.80 Å². The average Bonchev–Trinajstić information content (AvgIpc) is 3.06. The maximum Gasteiger partial charge on any atom is 0.261 e. The molecule has 0 aromatic heterocycles. The molecular weight excluding hydrogens is 414 g/mol. The summed E-state index contributed by atoms with van der Waals surface area (Å²) in [5, 5.41) is 2.97. The summed E-state index contributed by atoms with van der Waals surface area (Å²) in [5.41, 5.74) is 3.06. The van der Waals surface area contributed by atoms with E-state index in [1.807, 2.05) is 12.1 Å². The number of benzene rings is 2. The Labute approximate surface area is 196 Å². The van der Waals surface area contributed by atoms with Crippen LogP contribution in [-0.4, -0.2) is 47.2 Å². The summed E-state index contributed by atoms with van der Waals surface area (Å²) in [4.78, 5) is 40.8. The first-order valence-electron chi connectivity index (χ1n) is 12.1. The van der Waals surface area contributed by atoms with Gasteiger partial charge in [0.15, 0.2) is 0 Å². The molecule has 2 aliphatic rings. The van der Waals surface area contributed by atoms with E-state index in [-0.39, 0.29) is 17.7 Å². The number of piperidine rings is 1. The second kappa shape index (κ2) is 10.8. The molecule has 1 saturated heterocycles. The van der Waals surface area contributed by atoms with Crippen LogP contribution in [-0.2, 0) is 11.3 Å². The van der Waals surface area contributed by atoms with E-state index in [0.717, 1.165) is 44.1 Å². The minimum Gasteiger partial charge on any atom is -0.326 e. The molecule has 0 saturated carbocycles. The number of rotatable bonds is 9. The van der Waals surface area contributed by atoms with Crippen LogP contribution < -0.4 is 5.32 Å². The highest BCUT2D eigenvalue weighted by molar-refractivity contribution is 6.21. The van der Waals surface area contributed by atoms with Gasteiger partial charge in [0.05, 0.1) is 11.1 Å². The second-order valence-corrected chi connectivity index (χ2v) is 9.32. The normalized spacial score (nSPS) is 16.8. The summed E-state index contributed by atoms with van der Waals surface area (Å²) in [5.74, 6) is 0.396. The van der Waals surface area contributed by atoms with Crippen molar-refractivity contribution in [3.05, 3.63) is 65.2 Å². The maximum atomic E-state index is 12.4. The zero-order chi connectivity index (χ0) is 23.2. The third kappa shape index (κ3) is 5.88. The minimum absolute atomic E-state index is 0.00602. The summed E-state index contributed by atoms with van der Waals surface area (Å²) in [6.07, 6.45) is 5.17. The molecular formula is C27H33N3O3. The molecule has 0 aliphatic carbocycles. The third-order valence-corrected chi connectivity index (χ3v) is 6.68. The van der Waals surface area contributed by atoms with Crippen LogP contribution in [0.5, 0.6) is 0 Å². The SMILES string of the molecule is CC1CCN(Cc2ccc(NC(=O)CCCCCN3C(=O)c4ccccc4C3=O)cc2)CC1. The maximum absolute atomic E-state index is 12.4. The lowest BCUT2D eigenvalue weighted by atomic mass is 9.99. The molecule has 3 amide bonds. The fourth-order valence-electron chi connectivity index (χ4n) is 4.57. The number of nitrogens with one attached hydrogen (secondary N) is 1. The lowest BCUT2D eigenvalue weighted by molar-refractivity contribution is -0.116. The van der Waals surface area contributed by atoms with Crippen LogP contribution in [0.15, 0.2) is 48.5 Å². The quantitative estimate of drug-likeness (QED) is 0.446. The van der Waals surface area contributed by atoms with Gasteiger partial charge in [-0.25, -0.2) is 0 Å². The van der Waals surface area contributed by atoms with E-state index in [1.54, 1.807) is 24.3 Å². The molecule has 0 unspecified atom stereocenters. The molecule has 174 valence electrons. The van der Waals surface area contributed by atoms with Gasteiger partial charge in [0.25, 0.3) is 11.8 Å². The monoisotopic (exact) mass is 447 g/mol. The standard InChI is InChI=1S/C27H33N3O3/c1-20-14-17-29(18-15-20)19-21-10-12-22(13-11-21)28-25(31)9-3-2-6-16-30-26(32)23-7-4-5-8-24(23)27(30)33/h4-5,7-8,10-13,20H,2-3,6,9,14-19H2,1H3,(H,28,31). The Bertz CT molecular complexity index is 959. The van der Waals surface area contributed by atoms with Gasteiger partial charge in [-0.1, -0.05) is 37.6 Å². The van der Waals surface area contributed by atoms with Crippen LogP contribution in [0.4, 0.5) is 5.69 Å². The van der Waals surface area contributed by atoms with E-state index < -0.39 is 0 Å². The topological polar surface area (TPSA) is 69.7 Å². The summed E-state index contributed by atoms with van der Waals surface area (Å²) in [6.45, 7) is 6.00. The molecule has 0 spiro atoms. The van der Waals surface area contributed by atoms with Crippen LogP contribution in [0.3, 0.4) is 0 Å². The predicted molar refractivity (Wildman–Crippen MR) is 129 cm³/mol. The Morgan fingerprint density at radius 3 is 2.18 bits per heavy atom. The molecule has 33 heavy (non-hydrogen) atoms. The third-order valence-electron chi connectivity index (χ3n) is 6.68. The van der Waals surface area contributed by atoms with E-state index in [2.05, 4.69) is 29.3 Å². The first-order valence-corrected chi connectivity index (χ1v) is 12.1.